The number of hydrogen-bond donors (Lipinski definition) is 2. The number of hydrogen-bond acceptors (Lipinski definition) is 5. The van der Waals surface area contributed by atoms with Crippen molar-refractivity contribution in [1.29, 1.82) is 0 Å². The van der Waals surface area contributed by atoms with E-state index in [9.17, 15) is 0 Å². The average molecular weight is 218 g/mol. The zero-order valence-electron chi connectivity index (χ0n) is 7.62. The van der Waals surface area contributed by atoms with Gasteiger partial charge in [0, 0.05) is 5.75 Å². The van der Waals surface area contributed by atoms with E-state index in [1.54, 1.807) is 11.8 Å². The zero-order valence-corrected chi connectivity index (χ0v) is 9.25. The summed E-state index contributed by atoms with van der Waals surface area (Å²) in [7, 11) is 0. The van der Waals surface area contributed by atoms with Gasteiger partial charge in [-0.05, 0) is 17.9 Å². The van der Waals surface area contributed by atoms with Gasteiger partial charge in [-0.15, -0.1) is 5.10 Å². The van der Waals surface area contributed by atoms with E-state index in [1.165, 1.54) is 17.9 Å². The quantitative estimate of drug-likeness (QED) is 0.561. The molecule has 0 fully saturated rings. The summed E-state index contributed by atoms with van der Waals surface area (Å²) in [5.74, 6) is 3.86. The van der Waals surface area contributed by atoms with Crippen LogP contribution in [0.5, 0.6) is 0 Å². The molecule has 0 unspecified atom stereocenters. The van der Waals surface area contributed by atoms with Crippen molar-refractivity contribution in [1.82, 2.24) is 15.2 Å². The Morgan fingerprint density at radius 1 is 1.46 bits per heavy atom. The number of aromatic amines is 1. The Bertz CT molecular complexity index is 238. The Morgan fingerprint density at radius 2 is 2.31 bits per heavy atom. The van der Waals surface area contributed by atoms with Crippen LogP contribution in [0.4, 0.5) is 5.95 Å². The predicted molar refractivity (Wildman–Crippen MR) is 59.1 cm³/mol. The van der Waals surface area contributed by atoms with Crippen LogP contribution < -0.4 is 5.73 Å². The molecule has 0 saturated heterocycles. The third kappa shape index (κ3) is 4.42. The van der Waals surface area contributed by atoms with Crippen molar-refractivity contribution in [2.75, 3.05) is 23.0 Å². The molecule has 1 rings (SSSR count). The molecule has 0 atom stereocenters. The second-order valence-electron chi connectivity index (χ2n) is 2.40. The van der Waals surface area contributed by atoms with Crippen LogP contribution in [0.3, 0.4) is 0 Å². The highest BCUT2D eigenvalue weighted by Gasteiger charge is 1.99. The first-order valence-electron chi connectivity index (χ1n) is 4.21. The lowest BCUT2D eigenvalue weighted by Crippen LogP contribution is -1.86. The van der Waals surface area contributed by atoms with Gasteiger partial charge in [0.25, 0.3) is 0 Å². The van der Waals surface area contributed by atoms with E-state index in [0.29, 0.717) is 5.95 Å². The number of aromatic nitrogens is 3. The van der Waals surface area contributed by atoms with Gasteiger partial charge in [-0.1, -0.05) is 18.7 Å². The van der Waals surface area contributed by atoms with Crippen molar-refractivity contribution in [2.24, 2.45) is 0 Å². The van der Waals surface area contributed by atoms with E-state index in [2.05, 4.69) is 22.1 Å². The van der Waals surface area contributed by atoms with Crippen LogP contribution in [-0.2, 0) is 0 Å². The second-order valence-corrected chi connectivity index (χ2v) is 4.86. The van der Waals surface area contributed by atoms with E-state index < -0.39 is 0 Å². The van der Waals surface area contributed by atoms with Crippen molar-refractivity contribution in [2.45, 2.75) is 18.5 Å². The van der Waals surface area contributed by atoms with Gasteiger partial charge >= 0.3 is 0 Å². The molecule has 6 heteroatoms. The van der Waals surface area contributed by atoms with Gasteiger partial charge in [0.1, 0.15) is 0 Å². The van der Waals surface area contributed by atoms with Gasteiger partial charge in [-0.3, -0.25) is 0 Å². The van der Waals surface area contributed by atoms with Crippen molar-refractivity contribution in [3.05, 3.63) is 0 Å². The fourth-order valence-electron chi connectivity index (χ4n) is 0.791. The number of H-pyrrole nitrogens is 1. The molecule has 1 aromatic rings. The molecule has 0 spiro atoms. The van der Waals surface area contributed by atoms with Crippen LogP contribution in [0.2, 0.25) is 0 Å². The zero-order chi connectivity index (χ0) is 9.52. The smallest absolute Gasteiger partial charge is 0.216 e. The molecule has 1 heterocycles. The average Bonchev–Trinajstić information content (AvgIpc) is 2.51. The van der Waals surface area contributed by atoms with Gasteiger partial charge in [-0.2, -0.15) is 16.7 Å². The molecule has 0 saturated carbocycles. The molecule has 74 valence electrons. The number of nitrogens with zero attached hydrogens (tertiary/aromatic N) is 2. The summed E-state index contributed by atoms with van der Waals surface area (Å²) in [5, 5.41) is 7.29. The number of nitrogens with two attached hydrogens (primary N) is 1. The maximum Gasteiger partial charge on any atom is 0.216 e. The van der Waals surface area contributed by atoms with Crippen LogP contribution in [0, 0.1) is 0 Å². The van der Waals surface area contributed by atoms with E-state index in [-0.39, 0.29) is 0 Å². The predicted octanol–water partition coefficient (Wildman–Crippen LogP) is 1.62. The Morgan fingerprint density at radius 3 is 2.92 bits per heavy atom. The van der Waals surface area contributed by atoms with E-state index >= 15 is 0 Å². The standard InChI is InChI=1S/C7H14N4S2/c1-2-12-4-3-5-13-7-9-6(8)10-11-7/h2-5H2,1H3,(H3,8,9,10,11). The highest BCUT2D eigenvalue weighted by atomic mass is 32.2. The van der Waals surface area contributed by atoms with Gasteiger partial charge in [0.05, 0.1) is 0 Å². The summed E-state index contributed by atoms with van der Waals surface area (Å²) >= 11 is 3.61. The summed E-state index contributed by atoms with van der Waals surface area (Å²) in [4.78, 5) is 4.00. The fraction of sp³-hybridized carbons (Fsp3) is 0.714. The van der Waals surface area contributed by atoms with Gasteiger partial charge in [-0.25, -0.2) is 5.10 Å². The minimum absolute atomic E-state index is 0.394. The topological polar surface area (TPSA) is 67.6 Å². The number of thioether (sulfide) groups is 2. The number of rotatable bonds is 6. The van der Waals surface area contributed by atoms with Crippen molar-refractivity contribution in [3.63, 3.8) is 0 Å². The van der Waals surface area contributed by atoms with Crippen molar-refractivity contribution in [3.8, 4) is 0 Å². The molecule has 13 heavy (non-hydrogen) atoms. The third-order valence-corrected chi connectivity index (χ3v) is 3.27. The minimum Gasteiger partial charge on any atom is -0.368 e. The van der Waals surface area contributed by atoms with Crippen LogP contribution >= 0.6 is 23.5 Å². The molecular weight excluding hydrogens is 204 g/mol. The van der Waals surface area contributed by atoms with E-state index in [0.717, 1.165) is 10.9 Å². The monoisotopic (exact) mass is 218 g/mol. The van der Waals surface area contributed by atoms with Crippen LogP contribution in [0.15, 0.2) is 5.16 Å². The number of nitrogens with one attached hydrogen (secondary N) is 1. The third-order valence-electron chi connectivity index (χ3n) is 1.35. The Hall–Kier alpha value is -0.360. The van der Waals surface area contributed by atoms with Crippen molar-refractivity contribution < 1.29 is 0 Å². The van der Waals surface area contributed by atoms with E-state index in [1.807, 2.05) is 11.8 Å². The summed E-state index contributed by atoms with van der Waals surface area (Å²) in [5.41, 5.74) is 5.38. The molecule has 0 radical (unpaired) electrons. The highest BCUT2D eigenvalue weighted by molar-refractivity contribution is 8.00. The summed E-state index contributed by atoms with van der Waals surface area (Å²) < 4.78 is 0. The lowest BCUT2D eigenvalue weighted by atomic mass is 10.6. The fourth-order valence-corrected chi connectivity index (χ4v) is 2.36. The minimum atomic E-state index is 0.394. The normalized spacial score (nSPS) is 10.5. The summed E-state index contributed by atoms with van der Waals surface area (Å²) in [6.45, 7) is 2.17. The first-order chi connectivity index (χ1) is 6.33. The first kappa shape index (κ1) is 10.7. The van der Waals surface area contributed by atoms with Crippen LogP contribution in [0.1, 0.15) is 13.3 Å². The molecule has 1 aromatic heterocycles. The van der Waals surface area contributed by atoms with E-state index in [4.69, 9.17) is 5.73 Å². The van der Waals surface area contributed by atoms with Gasteiger partial charge in [0.2, 0.25) is 11.1 Å². The summed E-state index contributed by atoms with van der Waals surface area (Å²) in [6, 6.07) is 0. The molecule has 0 aromatic carbocycles. The van der Waals surface area contributed by atoms with Crippen LogP contribution in [-0.4, -0.2) is 32.4 Å². The van der Waals surface area contributed by atoms with Crippen molar-refractivity contribution >= 4 is 29.5 Å². The molecule has 0 amide bonds. The second kappa shape index (κ2) is 6.15. The molecular formula is C7H14N4S2. The first-order valence-corrected chi connectivity index (χ1v) is 6.35. The lowest BCUT2D eigenvalue weighted by Gasteiger charge is -1.96. The largest absolute Gasteiger partial charge is 0.368 e. The SMILES string of the molecule is CCSCCCSc1n[nH]c(N)n1. The highest BCUT2D eigenvalue weighted by Crippen LogP contribution is 2.15. The molecule has 0 bridgehead atoms. The number of anilines is 1. The molecule has 0 aliphatic heterocycles. The molecule has 4 nitrogen and oxygen atoms in total. The lowest BCUT2D eigenvalue weighted by molar-refractivity contribution is 0.969. The van der Waals surface area contributed by atoms with Crippen LogP contribution in [0.25, 0.3) is 0 Å². The number of nitrogen functional groups attached to an aromatic ring is 1. The Kier molecular flexibility index (Phi) is 5.07. The maximum absolute atomic E-state index is 5.38. The molecule has 3 N–H and O–H groups in total. The Balaban J connectivity index is 2.06. The molecule has 0 aliphatic rings. The Labute approximate surface area is 86.5 Å². The van der Waals surface area contributed by atoms with Gasteiger partial charge < -0.3 is 5.73 Å². The maximum atomic E-state index is 5.38. The molecule has 0 aliphatic carbocycles. The van der Waals surface area contributed by atoms with Gasteiger partial charge in [0.15, 0.2) is 0 Å². The summed E-state index contributed by atoms with van der Waals surface area (Å²) in [6.07, 6.45) is 1.19.